The van der Waals surface area contributed by atoms with Gasteiger partial charge in [-0.3, -0.25) is 4.79 Å². The number of nitrogens with one attached hydrogen (secondary N) is 2. The van der Waals surface area contributed by atoms with Crippen molar-refractivity contribution in [2.45, 2.75) is 20.0 Å². The SMILES string of the molecule is CNCC(C)OCC(=O)Nc1cccc(C)c1. The molecule has 0 aromatic heterocycles. The summed E-state index contributed by atoms with van der Waals surface area (Å²) in [6.45, 7) is 4.73. The Morgan fingerprint density at radius 3 is 2.88 bits per heavy atom. The van der Waals surface area contributed by atoms with Crippen LogP contribution in [0.2, 0.25) is 0 Å². The highest BCUT2D eigenvalue weighted by Crippen LogP contribution is 2.09. The van der Waals surface area contributed by atoms with Gasteiger partial charge in [0, 0.05) is 12.2 Å². The van der Waals surface area contributed by atoms with Crippen molar-refractivity contribution >= 4 is 11.6 Å². The van der Waals surface area contributed by atoms with Crippen LogP contribution in [0.4, 0.5) is 5.69 Å². The minimum Gasteiger partial charge on any atom is -0.367 e. The van der Waals surface area contributed by atoms with Crippen molar-refractivity contribution in [3.8, 4) is 0 Å². The van der Waals surface area contributed by atoms with Gasteiger partial charge in [-0.2, -0.15) is 0 Å². The molecule has 0 saturated heterocycles. The van der Waals surface area contributed by atoms with E-state index in [-0.39, 0.29) is 18.6 Å². The summed E-state index contributed by atoms with van der Waals surface area (Å²) in [5.41, 5.74) is 1.92. The largest absolute Gasteiger partial charge is 0.367 e. The summed E-state index contributed by atoms with van der Waals surface area (Å²) in [6, 6.07) is 7.69. The number of ether oxygens (including phenoxy) is 1. The van der Waals surface area contributed by atoms with Crippen molar-refractivity contribution in [1.82, 2.24) is 5.32 Å². The van der Waals surface area contributed by atoms with Gasteiger partial charge in [-0.15, -0.1) is 0 Å². The second-order valence-electron chi connectivity index (χ2n) is 4.10. The van der Waals surface area contributed by atoms with E-state index >= 15 is 0 Å². The number of rotatable bonds is 6. The molecule has 1 atom stereocenters. The standard InChI is InChI=1S/C13H20N2O2/c1-10-5-4-6-12(7-10)15-13(16)9-17-11(2)8-14-3/h4-7,11,14H,8-9H2,1-3H3,(H,15,16). The zero-order chi connectivity index (χ0) is 12.7. The van der Waals surface area contributed by atoms with Crippen LogP contribution in [0.25, 0.3) is 0 Å². The maximum Gasteiger partial charge on any atom is 0.250 e. The van der Waals surface area contributed by atoms with Gasteiger partial charge in [0.25, 0.3) is 0 Å². The fourth-order valence-electron chi connectivity index (χ4n) is 1.48. The highest BCUT2D eigenvalue weighted by Gasteiger charge is 2.06. The topological polar surface area (TPSA) is 50.4 Å². The lowest BCUT2D eigenvalue weighted by Crippen LogP contribution is -2.28. The molecule has 0 spiro atoms. The first-order chi connectivity index (χ1) is 8.11. The molecule has 17 heavy (non-hydrogen) atoms. The maximum absolute atomic E-state index is 11.6. The summed E-state index contributed by atoms with van der Waals surface area (Å²) in [6.07, 6.45) is 0.0308. The van der Waals surface area contributed by atoms with Crippen LogP contribution in [-0.2, 0) is 9.53 Å². The summed E-state index contributed by atoms with van der Waals surface area (Å²) < 4.78 is 5.37. The van der Waals surface area contributed by atoms with E-state index in [2.05, 4.69) is 10.6 Å². The summed E-state index contributed by atoms with van der Waals surface area (Å²) in [5.74, 6) is -0.126. The first-order valence-electron chi connectivity index (χ1n) is 5.74. The fraction of sp³-hybridized carbons (Fsp3) is 0.462. The number of carbonyl (C=O) groups excluding carboxylic acids is 1. The van der Waals surface area contributed by atoms with Gasteiger partial charge in [-0.05, 0) is 38.6 Å². The fourth-order valence-corrected chi connectivity index (χ4v) is 1.48. The molecule has 1 aromatic carbocycles. The van der Waals surface area contributed by atoms with Crippen LogP contribution < -0.4 is 10.6 Å². The normalized spacial score (nSPS) is 12.2. The van der Waals surface area contributed by atoms with Crippen LogP contribution in [-0.4, -0.2) is 32.2 Å². The minimum atomic E-state index is -0.126. The van der Waals surface area contributed by atoms with Crippen LogP contribution in [0.5, 0.6) is 0 Å². The van der Waals surface area contributed by atoms with Crippen LogP contribution in [0.1, 0.15) is 12.5 Å². The zero-order valence-corrected chi connectivity index (χ0v) is 10.6. The number of hydrogen-bond acceptors (Lipinski definition) is 3. The van der Waals surface area contributed by atoms with Crippen molar-refractivity contribution in [3.63, 3.8) is 0 Å². The molecular weight excluding hydrogens is 216 g/mol. The van der Waals surface area contributed by atoms with Gasteiger partial charge < -0.3 is 15.4 Å². The molecule has 0 aliphatic heterocycles. The molecular formula is C13H20N2O2. The van der Waals surface area contributed by atoms with Crippen molar-refractivity contribution < 1.29 is 9.53 Å². The monoisotopic (exact) mass is 236 g/mol. The number of amides is 1. The third-order valence-electron chi connectivity index (χ3n) is 2.29. The van der Waals surface area contributed by atoms with Crippen LogP contribution >= 0.6 is 0 Å². The molecule has 1 aromatic rings. The van der Waals surface area contributed by atoms with Gasteiger partial charge in [-0.25, -0.2) is 0 Å². The van der Waals surface area contributed by atoms with Gasteiger partial charge >= 0.3 is 0 Å². The quantitative estimate of drug-likeness (QED) is 0.788. The first-order valence-corrected chi connectivity index (χ1v) is 5.74. The first kappa shape index (κ1) is 13.7. The van der Waals surface area contributed by atoms with Gasteiger partial charge in [-0.1, -0.05) is 12.1 Å². The van der Waals surface area contributed by atoms with Gasteiger partial charge in [0.15, 0.2) is 0 Å². The summed E-state index contributed by atoms with van der Waals surface area (Å²) in [4.78, 5) is 11.6. The number of benzene rings is 1. The molecule has 2 N–H and O–H groups in total. The van der Waals surface area contributed by atoms with E-state index in [1.807, 2.05) is 45.2 Å². The van der Waals surface area contributed by atoms with Crippen LogP contribution in [0.3, 0.4) is 0 Å². The molecule has 0 fully saturated rings. The van der Waals surface area contributed by atoms with Gasteiger partial charge in [0.1, 0.15) is 6.61 Å². The Labute approximate surface area is 102 Å². The highest BCUT2D eigenvalue weighted by molar-refractivity contribution is 5.91. The zero-order valence-electron chi connectivity index (χ0n) is 10.6. The van der Waals surface area contributed by atoms with E-state index in [9.17, 15) is 4.79 Å². The van der Waals surface area contributed by atoms with E-state index < -0.39 is 0 Å². The molecule has 0 saturated carbocycles. The van der Waals surface area contributed by atoms with Crippen molar-refractivity contribution in [3.05, 3.63) is 29.8 Å². The average molecular weight is 236 g/mol. The van der Waals surface area contributed by atoms with Gasteiger partial charge in [0.2, 0.25) is 5.91 Å². The predicted octanol–water partition coefficient (Wildman–Crippen LogP) is 1.56. The van der Waals surface area contributed by atoms with Crippen LogP contribution in [0.15, 0.2) is 24.3 Å². The van der Waals surface area contributed by atoms with Crippen molar-refractivity contribution in [2.24, 2.45) is 0 Å². The van der Waals surface area contributed by atoms with E-state index in [1.165, 1.54) is 0 Å². The minimum absolute atomic E-state index is 0.0308. The molecule has 4 nitrogen and oxygen atoms in total. The maximum atomic E-state index is 11.6. The third-order valence-corrected chi connectivity index (χ3v) is 2.29. The van der Waals surface area contributed by atoms with E-state index in [4.69, 9.17) is 4.74 Å². The van der Waals surface area contributed by atoms with E-state index in [0.29, 0.717) is 0 Å². The second kappa shape index (κ2) is 7.04. The summed E-state index contributed by atoms with van der Waals surface area (Å²) in [5, 5.41) is 5.79. The van der Waals surface area contributed by atoms with Crippen LogP contribution in [0, 0.1) is 6.92 Å². The number of hydrogen-bond donors (Lipinski definition) is 2. The molecule has 94 valence electrons. The summed E-state index contributed by atoms with van der Waals surface area (Å²) >= 11 is 0. The molecule has 0 radical (unpaired) electrons. The lowest BCUT2D eigenvalue weighted by Gasteiger charge is -2.12. The van der Waals surface area contributed by atoms with Crippen molar-refractivity contribution in [2.75, 3.05) is 25.5 Å². The Bertz CT molecular complexity index is 366. The molecule has 1 amide bonds. The Kier molecular flexibility index (Phi) is 5.66. The highest BCUT2D eigenvalue weighted by atomic mass is 16.5. The lowest BCUT2D eigenvalue weighted by molar-refractivity contribution is -0.122. The van der Waals surface area contributed by atoms with Gasteiger partial charge in [0.05, 0.1) is 6.10 Å². The molecule has 0 aliphatic rings. The molecule has 0 aliphatic carbocycles. The molecule has 4 heteroatoms. The van der Waals surface area contributed by atoms with E-state index in [1.54, 1.807) is 0 Å². The molecule has 1 unspecified atom stereocenters. The Balaban J connectivity index is 2.34. The number of aryl methyl sites for hydroxylation is 1. The second-order valence-corrected chi connectivity index (χ2v) is 4.10. The third kappa shape index (κ3) is 5.47. The summed E-state index contributed by atoms with van der Waals surface area (Å²) in [7, 11) is 1.85. The van der Waals surface area contributed by atoms with Crippen molar-refractivity contribution in [1.29, 1.82) is 0 Å². The molecule has 0 bridgehead atoms. The number of likely N-dealkylation sites (N-methyl/N-ethyl adjacent to an activating group) is 1. The molecule has 0 heterocycles. The van der Waals surface area contributed by atoms with E-state index in [0.717, 1.165) is 17.8 Å². The number of anilines is 1. The Hall–Kier alpha value is -1.39. The average Bonchev–Trinajstić information content (AvgIpc) is 2.27. The Morgan fingerprint density at radius 2 is 2.24 bits per heavy atom. The Morgan fingerprint density at radius 1 is 1.47 bits per heavy atom. The lowest BCUT2D eigenvalue weighted by atomic mass is 10.2. The predicted molar refractivity (Wildman–Crippen MR) is 69.1 cm³/mol. The number of carbonyl (C=O) groups is 1. The smallest absolute Gasteiger partial charge is 0.250 e. The molecule has 1 rings (SSSR count).